The number of morpholine rings is 1. The van der Waals surface area contributed by atoms with Crippen molar-refractivity contribution in [3.63, 3.8) is 0 Å². The summed E-state index contributed by atoms with van der Waals surface area (Å²) in [4.78, 5) is 24.9. The Bertz CT molecular complexity index is 710. The van der Waals surface area contributed by atoms with E-state index < -0.39 is 17.9 Å². The second-order valence-electron chi connectivity index (χ2n) is 4.72. The number of rotatable bonds is 2. The molecule has 1 aliphatic heterocycles. The molecule has 0 bridgehead atoms. The largest absolute Gasteiger partial charge is 0.480 e. The summed E-state index contributed by atoms with van der Waals surface area (Å²) in [7, 11) is 0. The van der Waals surface area contributed by atoms with Crippen LogP contribution in [0.5, 0.6) is 0 Å². The number of hydrogen-bond acceptors (Lipinski definition) is 4. The molecule has 6 nitrogen and oxygen atoms in total. The molecule has 2 heterocycles. The molecule has 0 radical (unpaired) electrons. The van der Waals surface area contributed by atoms with Crippen LogP contribution in [-0.2, 0) is 9.53 Å². The lowest BCUT2D eigenvalue weighted by atomic mass is 10.2. The summed E-state index contributed by atoms with van der Waals surface area (Å²) >= 11 is 5.89. The zero-order valence-electron chi connectivity index (χ0n) is 10.9. The zero-order valence-corrected chi connectivity index (χ0v) is 11.7. The highest BCUT2D eigenvalue weighted by Gasteiger charge is 2.34. The molecule has 2 aromatic rings. The van der Waals surface area contributed by atoms with E-state index in [1.165, 1.54) is 4.90 Å². The van der Waals surface area contributed by atoms with Crippen molar-refractivity contribution in [2.45, 2.75) is 6.04 Å². The van der Waals surface area contributed by atoms with Gasteiger partial charge in [-0.2, -0.15) is 0 Å². The summed E-state index contributed by atoms with van der Waals surface area (Å²) in [5.41, 5.74) is 0.530. The number of carbonyl (C=O) groups excluding carboxylic acids is 1. The molecule has 1 aromatic carbocycles. The molecule has 1 unspecified atom stereocenters. The van der Waals surface area contributed by atoms with Crippen molar-refractivity contribution in [3.05, 3.63) is 35.0 Å². The number of nitrogens with zero attached hydrogens (tertiary/aromatic N) is 1. The van der Waals surface area contributed by atoms with Gasteiger partial charge in [-0.15, -0.1) is 0 Å². The molecule has 1 aliphatic rings. The van der Waals surface area contributed by atoms with Crippen molar-refractivity contribution in [3.8, 4) is 0 Å². The minimum absolute atomic E-state index is 0.0207. The summed E-state index contributed by atoms with van der Waals surface area (Å²) in [6.07, 6.45) is 0. The van der Waals surface area contributed by atoms with Gasteiger partial charge in [0.15, 0.2) is 11.8 Å². The van der Waals surface area contributed by atoms with Crippen LogP contribution in [0.1, 0.15) is 10.6 Å². The summed E-state index contributed by atoms with van der Waals surface area (Å²) in [6, 6.07) is 5.59. The number of carboxylic acids is 1. The number of fused-ring (bicyclic) bond motifs is 1. The minimum atomic E-state index is -1.10. The average Bonchev–Trinajstić information content (AvgIpc) is 2.89. The van der Waals surface area contributed by atoms with Gasteiger partial charge >= 0.3 is 5.97 Å². The Hall–Kier alpha value is -2.05. The third-order valence-electron chi connectivity index (χ3n) is 3.36. The fourth-order valence-corrected chi connectivity index (χ4v) is 2.49. The first-order valence-electron chi connectivity index (χ1n) is 6.37. The van der Waals surface area contributed by atoms with Crippen molar-refractivity contribution in [2.24, 2.45) is 0 Å². The number of benzene rings is 1. The number of hydrogen-bond donors (Lipinski definition) is 1. The third kappa shape index (κ3) is 2.59. The van der Waals surface area contributed by atoms with Crippen LogP contribution in [0.15, 0.2) is 28.7 Å². The lowest BCUT2D eigenvalue weighted by Gasteiger charge is -2.32. The molecule has 0 spiro atoms. The summed E-state index contributed by atoms with van der Waals surface area (Å²) in [5.74, 6) is -1.46. The van der Waals surface area contributed by atoms with Gasteiger partial charge < -0.3 is 19.2 Å². The van der Waals surface area contributed by atoms with E-state index in [1.807, 2.05) is 0 Å². The lowest BCUT2D eigenvalue weighted by Crippen LogP contribution is -2.52. The number of halogens is 1. The van der Waals surface area contributed by atoms with Crippen molar-refractivity contribution >= 4 is 34.4 Å². The monoisotopic (exact) mass is 309 g/mol. The lowest BCUT2D eigenvalue weighted by molar-refractivity contribution is -0.147. The van der Waals surface area contributed by atoms with Crippen LogP contribution in [0.2, 0.25) is 5.02 Å². The van der Waals surface area contributed by atoms with Crippen LogP contribution in [-0.4, -0.2) is 47.7 Å². The number of ether oxygens (including phenoxy) is 1. The van der Waals surface area contributed by atoms with E-state index in [2.05, 4.69) is 0 Å². The summed E-state index contributed by atoms with van der Waals surface area (Å²) in [6.45, 7) is 0.502. The fraction of sp³-hybridized carbons (Fsp3) is 0.286. The molecule has 3 rings (SSSR count). The summed E-state index contributed by atoms with van der Waals surface area (Å²) in [5, 5.41) is 10.4. The highest BCUT2D eigenvalue weighted by atomic mass is 35.5. The van der Waals surface area contributed by atoms with Crippen molar-refractivity contribution in [1.82, 2.24) is 4.90 Å². The Balaban J connectivity index is 1.93. The van der Waals surface area contributed by atoms with Crippen LogP contribution < -0.4 is 0 Å². The zero-order chi connectivity index (χ0) is 15.0. The third-order valence-corrected chi connectivity index (χ3v) is 3.60. The van der Waals surface area contributed by atoms with Gasteiger partial charge in [-0.1, -0.05) is 11.6 Å². The quantitative estimate of drug-likeness (QED) is 0.918. The Kier molecular flexibility index (Phi) is 3.57. The van der Waals surface area contributed by atoms with Crippen LogP contribution in [0.4, 0.5) is 0 Å². The van der Waals surface area contributed by atoms with E-state index in [-0.39, 0.29) is 18.9 Å². The first-order chi connectivity index (χ1) is 10.1. The van der Waals surface area contributed by atoms with Gasteiger partial charge in [-0.3, -0.25) is 4.79 Å². The maximum absolute atomic E-state index is 12.4. The smallest absolute Gasteiger partial charge is 0.328 e. The SMILES string of the molecule is O=C(O)C1COCCN1C(=O)c1cc2cc(Cl)ccc2o1. The van der Waals surface area contributed by atoms with Crippen molar-refractivity contribution in [1.29, 1.82) is 0 Å². The van der Waals surface area contributed by atoms with Crippen molar-refractivity contribution in [2.75, 3.05) is 19.8 Å². The van der Waals surface area contributed by atoms with Gasteiger partial charge in [0.1, 0.15) is 5.58 Å². The standard InChI is InChI=1S/C14H12ClNO5/c15-9-1-2-11-8(5-9)6-12(21-11)13(17)16-3-4-20-7-10(16)14(18)19/h1-2,5-6,10H,3-4,7H2,(H,18,19). The molecule has 1 fully saturated rings. The van der Waals surface area contributed by atoms with Gasteiger partial charge in [0.05, 0.1) is 13.2 Å². The van der Waals surface area contributed by atoms with Gasteiger partial charge in [-0.05, 0) is 24.3 Å². The van der Waals surface area contributed by atoms with Crippen LogP contribution in [0.25, 0.3) is 11.0 Å². The van der Waals surface area contributed by atoms with E-state index in [4.69, 9.17) is 25.9 Å². The molecule has 1 saturated heterocycles. The van der Waals surface area contributed by atoms with E-state index in [0.717, 1.165) is 0 Å². The maximum Gasteiger partial charge on any atom is 0.328 e. The number of aliphatic carboxylic acids is 1. The average molecular weight is 310 g/mol. The molecule has 1 aromatic heterocycles. The van der Waals surface area contributed by atoms with E-state index in [9.17, 15) is 9.59 Å². The Morgan fingerprint density at radius 3 is 2.90 bits per heavy atom. The molecule has 1 N–H and O–H groups in total. The minimum Gasteiger partial charge on any atom is -0.480 e. The number of furan rings is 1. The van der Waals surface area contributed by atoms with Gasteiger partial charge in [0, 0.05) is 17.0 Å². The number of carbonyl (C=O) groups is 2. The second-order valence-corrected chi connectivity index (χ2v) is 5.16. The second kappa shape index (κ2) is 5.38. The van der Waals surface area contributed by atoms with E-state index >= 15 is 0 Å². The number of carboxylic acid groups (broad SMARTS) is 1. The molecule has 7 heteroatoms. The van der Waals surface area contributed by atoms with Gasteiger partial charge in [-0.25, -0.2) is 4.79 Å². The van der Waals surface area contributed by atoms with E-state index in [1.54, 1.807) is 24.3 Å². The Labute approximate surface area is 124 Å². The topological polar surface area (TPSA) is 80.0 Å². The first-order valence-corrected chi connectivity index (χ1v) is 6.74. The Morgan fingerprint density at radius 2 is 2.14 bits per heavy atom. The fourth-order valence-electron chi connectivity index (χ4n) is 2.31. The normalized spacial score (nSPS) is 18.9. The maximum atomic E-state index is 12.4. The first kappa shape index (κ1) is 13.9. The molecule has 0 saturated carbocycles. The Morgan fingerprint density at radius 1 is 1.33 bits per heavy atom. The molecule has 0 aliphatic carbocycles. The van der Waals surface area contributed by atoms with Crippen LogP contribution in [0.3, 0.4) is 0 Å². The van der Waals surface area contributed by atoms with Crippen LogP contribution >= 0.6 is 11.6 Å². The number of amides is 1. The van der Waals surface area contributed by atoms with E-state index in [0.29, 0.717) is 22.6 Å². The van der Waals surface area contributed by atoms with Gasteiger partial charge in [0.2, 0.25) is 0 Å². The van der Waals surface area contributed by atoms with Crippen molar-refractivity contribution < 1.29 is 23.8 Å². The molecule has 21 heavy (non-hydrogen) atoms. The summed E-state index contributed by atoms with van der Waals surface area (Å²) < 4.78 is 10.6. The molecular formula is C14H12ClNO5. The predicted molar refractivity (Wildman–Crippen MR) is 74.5 cm³/mol. The highest BCUT2D eigenvalue weighted by Crippen LogP contribution is 2.24. The molecule has 1 atom stereocenters. The molecule has 1 amide bonds. The molecule has 110 valence electrons. The predicted octanol–water partition coefficient (Wildman–Crippen LogP) is 2.01. The van der Waals surface area contributed by atoms with Crippen LogP contribution in [0, 0.1) is 0 Å². The highest BCUT2D eigenvalue weighted by molar-refractivity contribution is 6.31. The molecular weight excluding hydrogens is 298 g/mol. The van der Waals surface area contributed by atoms with Gasteiger partial charge in [0.25, 0.3) is 5.91 Å².